The number of nitro groups is 1. The van der Waals surface area contributed by atoms with Gasteiger partial charge in [-0.05, 0) is 23.8 Å². The van der Waals surface area contributed by atoms with Gasteiger partial charge >= 0.3 is 0 Å². The maximum Gasteiger partial charge on any atom is 0.288 e. The quantitative estimate of drug-likeness (QED) is 0.635. The van der Waals surface area contributed by atoms with E-state index in [1.165, 1.54) is 36.4 Å². The van der Waals surface area contributed by atoms with Crippen LogP contribution in [-0.2, 0) is 6.61 Å². The zero-order valence-corrected chi connectivity index (χ0v) is 11.3. The molecule has 0 aliphatic carbocycles. The molecule has 0 aliphatic rings. The van der Waals surface area contributed by atoms with Crippen molar-refractivity contribution in [3.63, 3.8) is 0 Å². The molecule has 0 spiro atoms. The van der Waals surface area contributed by atoms with Crippen LogP contribution in [0.4, 0.5) is 10.1 Å². The largest absolute Gasteiger partial charge is 0.489 e. The molecule has 0 aromatic heterocycles. The van der Waals surface area contributed by atoms with Crippen LogP contribution in [0.25, 0.3) is 0 Å². The number of hydrogen-bond acceptors (Lipinski definition) is 4. The van der Waals surface area contributed by atoms with E-state index in [0.29, 0.717) is 11.3 Å². The van der Waals surface area contributed by atoms with Crippen molar-refractivity contribution in [2.75, 3.05) is 0 Å². The third-order valence-electron chi connectivity index (χ3n) is 2.67. The average molecular weight is 307 g/mol. The molecule has 0 amide bonds. The fourth-order valence-corrected chi connectivity index (χ4v) is 1.88. The van der Waals surface area contributed by atoms with E-state index in [1.807, 2.05) is 0 Å². The van der Waals surface area contributed by atoms with Gasteiger partial charge in [0.1, 0.15) is 29.3 Å². The first kappa shape index (κ1) is 14.8. The molecule has 21 heavy (non-hydrogen) atoms. The predicted molar refractivity (Wildman–Crippen MR) is 73.6 cm³/mol. The average Bonchev–Trinajstić information content (AvgIpc) is 2.46. The second kappa shape index (κ2) is 6.20. The first-order valence-electron chi connectivity index (χ1n) is 5.76. The number of benzene rings is 2. The van der Waals surface area contributed by atoms with Gasteiger partial charge in [-0.15, -0.1) is 0 Å². The number of halogens is 2. The van der Waals surface area contributed by atoms with Crippen LogP contribution in [0.5, 0.6) is 5.75 Å². The van der Waals surface area contributed by atoms with E-state index in [-0.39, 0.29) is 22.9 Å². The highest BCUT2D eigenvalue weighted by Gasteiger charge is 2.12. The van der Waals surface area contributed by atoms with E-state index in [9.17, 15) is 14.5 Å². The lowest BCUT2D eigenvalue weighted by Gasteiger charge is -2.07. The molecule has 0 bridgehead atoms. The Morgan fingerprint density at radius 1 is 1.33 bits per heavy atom. The van der Waals surface area contributed by atoms with Crippen molar-refractivity contribution in [1.29, 1.82) is 5.26 Å². The van der Waals surface area contributed by atoms with Gasteiger partial charge in [0, 0.05) is 12.1 Å². The Labute approximate surface area is 124 Å². The molecule has 7 heteroatoms. The smallest absolute Gasteiger partial charge is 0.288 e. The summed E-state index contributed by atoms with van der Waals surface area (Å²) in [7, 11) is 0. The van der Waals surface area contributed by atoms with E-state index in [0.717, 1.165) is 0 Å². The lowest BCUT2D eigenvalue weighted by atomic mass is 10.1. The molecule has 0 atom stereocenters. The number of ether oxygens (including phenoxy) is 1. The summed E-state index contributed by atoms with van der Waals surface area (Å²) < 4.78 is 18.6. The van der Waals surface area contributed by atoms with Crippen LogP contribution in [0.1, 0.15) is 11.1 Å². The van der Waals surface area contributed by atoms with E-state index in [4.69, 9.17) is 21.6 Å². The van der Waals surface area contributed by atoms with Gasteiger partial charge < -0.3 is 4.74 Å². The molecular weight excluding hydrogens is 299 g/mol. The SMILES string of the molecule is N#Cc1cc(COc2ccc([N+](=O)[O-])c(Cl)c2)ccc1F. The molecule has 5 nitrogen and oxygen atoms in total. The van der Waals surface area contributed by atoms with Gasteiger partial charge in [0.05, 0.1) is 10.5 Å². The minimum atomic E-state index is -0.598. The Morgan fingerprint density at radius 3 is 2.71 bits per heavy atom. The van der Waals surface area contributed by atoms with Crippen LogP contribution in [0, 0.1) is 27.3 Å². The Balaban J connectivity index is 2.12. The normalized spacial score (nSPS) is 9.95. The standard InChI is InChI=1S/C14H8ClFN2O3/c15-12-6-11(2-4-14(12)18(19)20)21-8-9-1-3-13(16)10(5-9)7-17/h1-6H,8H2. The molecule has 2 aromatic rings. The molecule has 2 rings (SSSR count). The van der Waals surface area contributed by atoms with Crippen molar-refractivity contribution >= 4 is 17.3 Å². The fraction of sp³-hybridized carbons (Fsp3) is 0.0714. The van der Waals surface area contributed by atoms with Crippen molar-refractivity contribution in [3.05, 3.63) is 68.5 Å². The Kier molecular flexibility index (Phi) is 4.36. The van der Waals surface area contributed by atoms with Crippen LogP contribution >= 0.6 is 11.6 Å². The monoisotopic (exact) mass is 306 g/mol. The Hall–Kier alpha value is -2.65. The van der Waals surface area contributed by atoms with Gasteiger partial charge in [0.25, 0.3) is 5.69 Å². The molecule has 0 unspecified atom stereocenters. The highest BCUT2D eigenvalue weighted by molar-refractivity contribution is 6.32. The summed E-state index contributed by atoms with van der Waals surface area (Å²) in [6, 6.07) is 9.77. The molecule has 0 fully saturated rings. The van der Waals surface area contributed by atoms with Crippen LogP contribution in [0.15, 0.2) is 36.4 Å². The third kappa shape index (κ3) is 3.46. The van der Waals surface area contributed by atoms with E-state index < -0.39 is 10.7 Å². The van der Waals surface area contributed by atoms with Gasteiger partial charge in [-0.1, -0.05) is 17.7 Å². The second-order valence-electron chi connectivity index (χ2n) is 4.09. The summed E-state index contributed by atoms with van der Waals surface area (Å²) in [5, 5.41) is 19.3. The topological polar surface area (TPSA) is 76.2 Å². The first-order valence-corrected chi connectivity index (χ1v) is 6.14. The Morgan fingerprint density at radius 2 is 2.10 bits per heavy atom. The molecule has 0 N–H and O–H groups in total. The maximum absolute atomic E-state index is 13.2. The highest BCUT2D eigenvalue weighted by atomic mass is 35.5. The molecule has 106 valence electrons. The van der Waals surface area contributed by atoms with Crippen LogP contribution in [0.2, 0.25) is 5.02 Å². The number of nitriles is 1. The summed E-state index contributed by atoms with van der Waals surface area (Å²) in [6.45, 7) is 0.0864. The van der Waals surface area contributed by atoms with Crippen molar-refractivity contribution in [3.8, 4) is 11.8 Å². The summed E-state index contributed by atoms with van der Waals surface area (Å²) in [5.41, 5.74) is 0.317. The van der Waals surface area contributed by atoms with Crippen molar-refractivity contribution in [2.45, 2.75) is 6.61 Å². The van der Waals surface area contributed by atoms with Gasteiger partial charge in [-0.25, -0.2) is 4.39 Å². The van der Waals surface area contributed by atoms with Crippen LogP contribution in [-0.4, -0.2) is 4.92 Å². The van der Waals surface area contributed by atoms with E-state index >= 15 is 0 Å². The van der Waals surface area contributed by atoms with Crippen molar-refractivity contribution in [1.82, 2.24) is 0 Å². The van der Waals surface area contributed by atoms with E-state index in [2.05, 4.69) is 0 Å². The number of nitrogens with zero attached hydrogens (tertiary/aromatic N) is 2. The lowest BCUT2D eigenvalue weighted by molar-refractivity contribution is -0.384. The minimum Gasteiger partial charge on any atom is -0.489 e. The van der Waals surface area contributed by atoms with Gasteiger partial charge in [-0.3, -0.25) is 10.1 Å². The molecule has 0 aliphatic heterocycles. The molecule has 0 saturated heterocycles. The van der Waals surface area contributed by atoms with Crippen molar-refractivity contribution < 1.29 is 14.1 Å². The zero-order valence-electron chi connectivity index (χ0n) is 10.5. The number of nitro benzene ring substituents is 1. The van der Waals surface area contributed by atoms with Gasteiger partial charge in [0.2, 0.25) is 0 Å². The summed E-state index contributed by atoms with van der Waals surface area (Å²) in [6.07, 6.45) is 0. The Bertz CT molecular complexity index is 743. The number of hydrogen-bond donors (Lipinski definition) is 0. The summed E-state index contributed by atoms with van der Waals surface area (Å²) >= 11 is 5.76. The fourth-order valence-electron chi connectivity index (χ4n) is 1.64. The first-order chi connectivity index (χ1) is 10.0. The number of rotatable bonds is 4. The van der Waals surface area contributed by atoms with Gasteiger partial charge in [0.15, 0.2) is 0 Å². The molecular formula is C14H8ClFN2O3. The maximum atomic E-state index is 13.2. The summed E-state index contributed by atoms with van der Waals surface area (Å²) in [5.74, 6) is -0.256. The van der Waals surface area contributed by atoms with Crippen LogP contribution in [0.3, 0.4) is 0 Å². The minimum absolute atomic E-state index is 0.0330. The van der Waals surface area contributed by atoms with Crippen molar-refractivity contribution in [2.24, 2.45) is 0 Å². The zero-order chi connectivity index (χ0) is 15.4. The predicted octanol–water partition coefficient (Wildman–Crippen LogP) is 3.84. The highest BCUT2D eigenvalue weighted by Crippen LogP contribution is 2.28. The molecule has 0 radical (unpaired) electrons. The summed E-state index contributed by atoms with van der Waals surface area (Å²) in [4.78, 5) is 10.0. The third-order valence-corrected chi connectivity index (χ3v) is 2.98. The van der Waals surface area contributed by atoms with Gasteiger partial charge in [-0.2, -0.15) is 5.26 Å². The second-order valence-corrected chi connectivity index (χ2v) is 4.49. The van der Waals surface area contributed by atoms with E-state index in [1.54, 1.807) is 6.07 Å². The molecule has 0 heterocycles. The van der Waals surface area contributed by atoms with Crippen LogP contribution < -0.4 is 4.74 Å². The lowest BCUT2D eigenvalue weighted by Crippen LogP contribution is -1.98. The molecule has 0 saturated carbocycles. The molecule has 2 aromatic carbocycles.